The third kappa shape index (κ3) is 7.11. The van der Waals surface area contributed by atoms with Crippen LogP contribution in [-0.4, -0.2) is 63.7 Å². The molecule has 1 aliphatic heterocycles. The Hall–Kier alpha value is -2.44. The molecule has 37 heavy (non-hydrogen) atoms. The number of carbonyl (C=O) groups excluding carboxylic acids is 1. The van der Waals surface area contributed by atoms with Gasteiger partial charge in [0.25, 0.3) is 11.5 Å². The second kappa shape index (κ2) is 12.4. The van der Waals surface area contributed by atoms with E-state index in [1.54, 1.807) is 28.8 Å². The van der Waals surface area contributed by atoms with E-state index in [-0.39, 0.29) is 24.1 Å². The van der Waals surface area contributed by atoms with Crippen LogP contribution in [0.25, 0.3) is 11.1 Å². The molecule has 0 spiro atoms. The summed E-state index contributed by atoms with van der Waals surface area (Å²) in [6, 6.07) is 11.2. The fourth-order valence-corrected chi connectivity index (χ4v) is 5.90. The fraction of sp³-hybridized carbons (Fsp3) is 0.613. The molecule has 1 saturated carbocycles. The number of aliphatic hydroxyl groups is 1. The van der Waals surface area contributed by atoms with Crippen LogP contribution in [0.4, 0.5) is 0 Å². The Morgan fingerprint density at radius 2 is 1.78 bits per heavy atom. The highest BCUT2D eigenvalue weighted by Gasteiger charge is 2.33. The van der Waals surface area contributed by atoms with Crippen LogP contribution in [-0.2, 0) is 6.54 Å². The Morgan fingerprint density at radius 1 is 1.11 bits per heavy atom. The average Bonchev–Trinajstić information content (AvgIpc) is 2.91. The van der Waals surface area contributed by atoms with Crippen molar-refractivity contribution in [3.05, 3.63) is 58.5 Å². The second-order valence-corrected chi connectivity index (χ2v) is 11.7. The number of hydrogen-bond donors (Lipinski definition) is 1. The number of rotatable bonds is 9. The van der Waals surface area contributed by atoms with Crippen LogP contribution in [0.3, 0.4) is 0 Å². The van der Waals surface area contributed by atoms with E-state index in [1.165, 1.54) is 44.9 Å². The Morgan fingerprint density at radius 3 is 2.43 bits per heavy atom. The van der Waals surface area contributed by atoms with Gasteiger partial charge in [0, 0.05) is 44.0 Å². The highest BCUT2D eigenvalue weighted by molar-refractivity contribution is 6.00. The molecule has 6 heteroatoms. The lowest BCUT2D eigenvalue weighted by atomic mass is 9.86. The quantitative estimate of drug-likeness (QED) is 0.508. The summed E-state index contributed by atoms with van der Waals surface area (Å²) in [7, 11) is 1.79. The summed E-state index contributed by atoms with van der Waals surface area (Å²) in [5, 5.41) is 11.4. The third-order valence-electron chi connectivity index (χ3n) is 8.60. The number of benzene rings is 1. The largest absolute Gasteiger partial charge is 0.388 e. The molecule has 4 rings (SSSR count). The predicted molar refractivity (Wildman–Crippen MR) is 150 cm³/mol. The molecule has 6 nitrogen and oxygen atoms in total. The fourth-order valence-electron chi connectivity index (χ4n) is 5.90. The molecule has 0 bridgehead atoms. The van der Waals surface area contributed by atoms with Crippen LogP contribution in [0.1, 0.15) is 82.0 Å². The molecule has 0 atom stereocenters. The van der Waals surface area contributed by atoms with Crippen LogP contribution in [0.5, 0.6) is 0 Å². The Labute approximate surface area is 222 Å². The monoisotopic (exact) mass is 507 g/mol. The van der Waals surface area contributed by atoms with Gasteiger partial charge in [0.2, 0.25) is 0 Å². The van der Waals surface area contributed by atoms with E-state index in [0.29, 0.717) is 24.0 Å². The van der Waals surface area contributed by atoms with Crippen molar-refractivity contribution in [1.29, 1.82) is 0 Å². The van der Waals surface area contributed by atoms with Crippen LogP contribution in [0.2, 0.25) is 0 Å². The van der Waals surface area contributed by atoms with Crippen LogP contribution < -0.4 is 5.56 Å². The lowest BCUT2D eigenvalue weighted by Gasteiger charge is -2.38. The predicted octanol–water partition coefficient (Wildman–Crippen LogP) is 5.18. The molecule has 0 unspecified atom stereocenters. The molecule has 1 aliphatic carbocycles. The van der Waals surface area contributed by atoms with Crippen LogP contribution in [0.15, 0.2) is 47.4 Å². The average molecular weight is 508 g/mol. The van der Waals surface area contributed by atoms with Crippen molar-refractivity contribution in [1.82, 2.24) is 14.4 Å². The molecule has 202 valence electrons. The Bertz CT molecular complexity index is 1080. The van der Waals surface area contributed by atoms with E-state index in [4.69, 9.17) is 0 Å². The zero-order chi connectivity index (χ0) is 26.4. The van der Waals surface area contributed by atoms with Crippen LogP contribution >= 0.6 is 0 Å². The summed E-state index contributed by atoms with van der Waals surface area (Å²) in [6.45, 7) is 6.95. The minimum Gasteiger partial charge on any atom is -0.388 e. The summed E-state index contributed by atoms with van der Waals surface area (Å²) in [6.07, 6.45) is 12.5. The maximum atomic E-state index is 13.4. The Kier molecular flexibility index (Phi) is 9.25. The molecule has 1 amide bonds. The number of amides is 1. The first-order valence-corrected chi connectivity index (χ1v) is 14.3. The highest BCUT2D eigenvalue weighted by Crippen LogP contribution is 2.29. The lowest BCUT2D eigenvalue weighted by molar-refractivity contribution is -0.0351. The number of hydrogen-bond acceptors (Lipinski definition) is 4. The van der Waals surface area contributed by atoms with Gasteiger partial charge in [-0.15, -0.1) is 0 Å². The summed E-state index contributed by atoms with van der Waals surface area (Å²) < 4.78 is 1.55. The van der Waals surface area contributed by atoms with Crippen molar-refractivity contribution < 1.29 is 9.90 Å². The van der Waals surface area contributed by atoms with Gasteiger partial charge < -0.3 is 19.5 Å². The zero-order valence-corrected chi connectivity index (χ0v) is 23.0. The van der Waals surface area contributed by atoms with E-state index < -0.39 is 5.60 Å². The number of nitrogens with zero attached hydrogens (tertiary/aromatic N) is 3. The van der Waals surface area contributed by atoms with Crippen molar-refractivity contribution >= 4 is 5.91 Å². The summed E-state index contributed by atoms with van der Waals surface area (Å²) >= 11 is 0. The molecule has 0 radical (unpaired) electrons. The molecule has 1 aromatic carbocycles. The minimum absolute atomic E-state index is 0.0307. The number of likely N-dealkylation sites (tertiary alicyclic amines) is 1. The maximum Gasteiger partial charge on any atom is 0.255 e. The zero-order valence-electron chi connectivity index (χ0n) is 23.0. The molecule has 2 heterocycles. The first-order valence-electron chi connectivity index (χ1n) is 14.3. The van der Waals surface area contributed by atoms with Crippen LogP contribution in [0, 0.1) is 5.92 Å². The molecule has 2 aromatic rings. The van der Waals surface area contributed by atoms with Gasteiger partial charge in [-0.25, -0.2) is 0 Å². The SMILES string of the molecule is CC(C)N(C)C(=O)c1cn(CC2(O)CCN(CCCC3CCCCC3)CC2)c(=O)cc1-c1ccccc1. The first-order chi connectivity index (χ1) is 17.8. The molecule has 2 aliphatic rings. The van der Waals surface area contributed by atoms with Gasteiger partial charge in [0.1, 0.15) is 0 Å². The molecule has 1 N–H and O–H groups in total. The third-order valence-corrected chi connectivity index (χ3v) is 8.60. The number of piperidine rings is 1. The standard InChI is InChI=1S/C31H45N3O3/c1-24(2)32(3)30(36)28-22-34(29(35)21-27(28)26-14-8-5-9-15-26)23-31(37)16-19-33(20-17-31)18-10-13-25-11-6-4-7-12-25/h5,8-9,14-15,21-22,24-25,37H,4,6-7,10-13,16-20,23H2,1-3H3. The van der Waals surface area contributed by atoms with Crippen molar-refractivity contribution in [2.45, 2.75) is 89.8 Å². The topological polar surface area (TPSA) is 65.8 Å². The van der Waals surface area contributed by atoms with E-state index in [9.17, 15) is 14.7 Å². The summed E-state index contributed by atoms with van der Waals surface area (Å²) in [5.74, 6) is 0.787. The van der Waals surface area contributed by atoms with E-state index in [2.05, 4.69) is 4.90 Å². The van der Waals surface area contributed by atoms with Crippen molar-refractivity contribution in [3.63, 3.8) is 0 Å². The maximum absolute atomic E-state index is 13.4. The van der Waals surface area contributed by atoms with E-state index in [0.717, 1.165) is 31.1 Å². The van der Waals surface area contributed by atoms with Crippen molar-refractivity contribution in [2.75, 3.05) is 26.7 Å². The van der Waals surface area contributed by atoms with Gasteiger partial charge in [0.15, 0.2) is 0 Å². The number of pyridine rings is 1. The molecule has 2 fully saturated rings. The van der Waals surface area contributed by atoms with Gasteiger partial charge in [-0.2, -0.15) is 0 Å². The second-order valence-electron chi connectivity index (χ2n) is 11.7. The lowest BCUT2D eigenvalue weighted by Crippen LogP contribution is -2.48. The number of aromatic nitrogens is 1. The van der Waals surface area contributed by atoms with Gasteiger partial charge >= 0.3 is 0 Å². The van der Waals surface area contributed by atoms with E-state index in [1.807, 2.05) is 44.2 Å². The van der Waals surface area contributed by atoms with E-state index >= 15 is 0 Å². The summed E-state index contributed by atoms with van der Waals surface area (Å²) in [4.78, 5) is 30.8. The molecular weight excluding hydrogens is 462 g/mol. The molecular formula is C31H45N3O3. The van der Waals surface area contributed by atoms with Gasteiger partial charge in [-0.3, -0.25) is 9.59 Å². The molecule has 1 saturated heterocycles. The number of carbonyl (C=O) groups is 1. The van der Waals surface area contributed by atoms with Gasteiger partial charge in [0.05, 0.1) is 17.7 Å². The van der Waals surface area contributed by atoms with Gasteiger partial charge in [-0.05, 0) is 57.6 Å². The first kappa shape index (κ1) is 27.6. The Balaban J connectivity index is 1.44. The highest BCUT2D eigenvalue weighted by atomic mass is 16.3. The smallest absolute Gasteiger partial charge is 0.255 e. The van der Waals surface area contributed by atoms with Crippen molar-refractivity contribution in [3.8, 4) is 11.1 Å². The molecule has 1 aromatic heterocycles. The summed E-state index contributed by atoms with van der Waals surface area (Å²) in [5.41, 5.74) is 0.839. The van der Waals surface area contributed by atoms with Gasteiger partial charge in [-0.1, -0.05) is 62.4 Å². The van der Waals surface area contributed by atoms with Crippen molar-refractivity contribution in [2.24, 2.45) is 5.92 Å². The normalized spacial score (nSPS) is 18.7. The minimum atomic E-state index is -0.942.